The van der Waals surface area contributed by atoms with Crippen LogP contribution in [0.3, 0.4) is 0 Å². The molecule has 0 heterocycles. The molecule has 1 N–H and O–H groups in total. The maximum atomic E-state index is 12.4. The summed E-state index contributed by atoms with van der Waals surface area (Å²) in [6.07, 6.45) is 1.03. The van der Waals surface area contributed by atoms with E-state index in [4.69, 9.17) is 5.11 Å². The molecule has 1 aliphatic rings. The van der Waals surface area contributed by atoms with E-state index < -0.39 is 17.3 Å². The molecule has 0 radical (unpaired) electrons. The number of rotatable bonds is 6. The van der Waals surface area contributed by atoms with E-state index in [1.54, 1.807) is 0 Å². The van der Waals surface area contributed by atoms with E-state index in [-0.39, 0.29) is 11.8 Å². The Labute approximate surface area is 109 Å². The highest BCUT2D eigenvalue weighted by Crippen LogP contribution is 2.59. The average molecular weight is 255 g/mol. The molecule has 0 aromatic heterocycles. The van der Waals surface area contributed by atoms with Crippen molar-refractivity contribution in [1.82, 2.24) is 4.90 Å². The van der Waals surface area contributed by atoms with Crippen LogP contribution in [-0.4, -0.2) is 35.0 Å². The maximum absolute atomic E-state index is 12.4. The largest absolute Gasteiger partial charge is 0.481 e. The van der Waals surface area contributed by atoms with Gasteiger partial charge in [0.05, 0.1) is 11.8 Å². The van der Waals surface area contributed by atoms with Crippen LogP contribution in [0.15, 0.2) is 0 Å². The zero-order valence-electron chi connectivity index (χ0n) is 12.1. The van der Waals surface area contributed by atoms with Crippen LogP contribution in [0.2, 0.25) is 0 Å². The third kappa shape index (κ3) is 2.68. The van der Waals surface area contributed by atoms with Crippen molar-refractivity contribution < 1.29 is 14.7 Å². The van der Waals surface area contributed by atoms with Crippen molar-refractivity contribution >= 4 is 11.9 Å². The second kappa shape index (κ2) is 5.29. The fraction of sp³-hybridized carbons (Fsp3) is 0.857. The highest BCUT2D eigenvalue weighted by atomic mass is 16.4. The predicted octanol–water partition coefficient (Wildman–Crippen LogP) is 2.24. The fourth-order valence-electron chi connectivity index (χ4n) is 2.64. The lowest BCUT2D eigenvalue weighted by Crippen LogP contribution is -2.36. The predicted molar refractivity (Wildman–Crippen MR) is 70.1 cm³/mol. The molecule has 1 aliphatic carbocycles. The van der Waals surface area contributed by atoms with Crippen molar-refractivity contribution in [1.29, 1.82) is 0 Å². The second-order valence-corrected chi connectivity index (χ2v) is 6.01. The Morgan fingerprint density at radius 2 is 1.83 bits per heavy atom. The van der Waals surface area contributed by atoms with Gasteiger partial charge < -0.3 is 10.0 Å². The lowest BCUT2D eigenvalue weighted by Gasteiger charge is -2.24. The van der Waals surface area contributed by atoms with Crippen LogP contribution in [0.25, 0.3) is 0 Å². The summed E-state index contributed by atoms with van der Waals surface area (Å²) in [7, 11) is 0. The van der Waals surface area contributed by atoms with Crippen LogP contribution in [-0.2, 0) is 9.59 Å². The molecular weight excluding hydrogens is 230 g/mol. The van der Waals surface area contributed by atoms with Crippen molar-refractivity contribution in [2.45, 2.75) is 41.0 Å². The Morgan fingerprint density at radius 1 is 1.28 bits per heavy atom. The van der Waals surface area contributed by atoms with Crippen molar-refractivity contribution in [2.75, 3.05) is 13.1 Å². The van der Waals surface area contributed by atoms with Gasteiger partial charge >= 0.3 is 5.97 Å². The molecule has 1 fully saturated rings. The molecule has 18 heavy (non-hydrogen) atoms. The van der Waals surface area contributed by atoms with Gasteiger partial charge in [-0.2, -0.15) is 0 Å². The Morgan fingerprint density at radius 3 is 2.17 bits per heavy atom. The van der Waals surface area contributed by atoms with Crippen molar-refractivity contribution in [3.63, 3.8) is 0 Å². The molecule has 0 aliphatic heterocycles. The number of carboxylic acid groups (broad SMARTS) is 1. The summed E-state index contributed by atoms with van der Waals surface area (Å²) in [5.41, 5.74) is -0.397. The standard InChI is InChI=1S/C14H25NO3/c1-6-9(3)8-15(7-2)12(16)10-11(13(17)18)14(10,4)5/h9-11H,6-8H2,1-5H3,(H,17,18)/t9?,10-,11+/m1/s1. The zero-order valence-corrected chi connectivity index (χ0v) is 12.1. The van der Waals surface area contributed by atoms with E-state index in [0.717, 1.165) is 13.0 Å². The Bertz CT molecular complexity index is 338. The minimum atomic E-state index is -0.849. The molecule has 4 nitrogen and oxygen atoms in total. The molecule has 1 amide bonds. The number of carbonyl (C=O) groups excluding carboxylic acids is 1. The number of carbonyl (C=O) groups is 2. The second-order valence-electron chi connectivity index (χ2n) is 6.01. The molecule has 1 rings (SSSR count). The topological polar surface area (TPSA) is 57.6 Å². The molecule has 1 unspecified atom stereocenters. The van der Waals surface area contributed by atoms with Crippen molar-refractivity contribution in [3.8, 4) is 0 Å². The van der Waals surface area contributed by atoms with Crippen LogP contribution in [0.4, 0.5) is 0 Å². The van der Waals surface area contributed by atoms with E-state index >= 15 is 0 Å². The van der Waals surface area contributed by atoms with Crippen molar-refractivity contribution in [3.05, 3.63) is 0 Å². The summed E-state index contributed by atoms with van der Waals surface area (Å²) in [4.78, 5) is 25.3. The lowest BCUT2D eigenvalue weighted by molar-refractivity contribution is -0.142. The molecule has 104 valence electrons. The van der Waals surface area contributed by atoms with Gasteiger partial charge in [0, 0.05) is 13.1 Å². The molecule has 0 aromatic carbocycles. The molecule has 3 atom stereocenters. The Hall–Kier alpha value is -1.06. The third-order valence-electron chi connectivity index (χ3n) is 4.28. The monoisotopic (exact) mass is 255 g/mol. The zero-order chi connectivity index (χ0) is 14.1. The quantitative estimate of drug-likeness (QED) is 0.792. The fourth-order valence-corrected chi connectivity index (χ4v) is 2.64. The van der Waals surface area contributed by atoms with Crippen LogP contribution < -0.4 is 0 Å². The van der Waals surface area contributed by atoms with E-state index in [9.17, 15) is 9.59 Å². The minimum Gasteiger partial charge on any atom is -0.481 e. The van der Waals surface area contributed by atoms with Crippen LogP contribution >= 0.6 is 0 Å². The number of amides is 1. The number of hydrogen-bond acceptors (Lipinski definition) is 2. The van der Waals surface area contributed by atoms with Gasteiger partial charge in [0.1, 0.15) is 0 Å². The highest BCUT2D eigenvalue weighted by molar-refractivity contribution is 5.91. The SMILES string of the molecule is CCC(C)CN(CC)C(=O)[C@H]1[C@@H](C(=O)O)C1(C)C. The van der Waals surface area contributed by atoms with E-state index in [0.29, 0.717) is 12.5 Å². The molecule has 0 spiro atoms. The van der Waals surface area contributed by atoms with E-state index in [1.807, 2.05) is 25.7 Å². The molecule has 0 aromatic rings. The normalized spacial score (nSPS) is 26.5. The average Bonchev–Trinajstić information content (AvgIpc) is 2.88. The first kappa shape index (κ1) is 15.0. The highest BCUT2D eigenvalue weighted by Gasteiger charge is 2.66. The first-order chi connectivity index (χ1) is 8.27. The molecule has 0 bridgehead atoms. The molecule has 4 heteroatoms. The number of nitrogens with zero attached hydrogens (tertiary/aromatic N) is 1. The van der Waals surface area contributed by atoms with Crippen LogP contribution in [0.1, 0.15) is 41.0 Å². The number of carboxylic acids is 1. The lowest BCUT2D eigenvalue weighted by atomic mass is 10.1. The summed E-state index contributed by atoms with van der Waals surface area (Å²) in [6.45, 7) is 11.3. The minimum absolute atomic E-state index is 0.00944. The molecule has 1 saturated carbocycles. The van der Waals surface area contributed by atoms with Gasteiger partial charge in [-0.25, -0.2) is 0 Å². The van der Waals surface area contributed by atoms with Crippen molar-refractivity contribution in [2.24, 2.45) is 23.2 Å². The summed E-state index contributed by atoms with van der Waals surface area (Å²) >= 11 is 0. The molecule has 0 saturated heterocycles. The van der Waals surface area contributed by atoms with Crippen LogP contribution in [0.5, 0.6) is 0 Å². The van der Waals surface area contributed by atoms with Gasteiger partial charge in [0.2, 0.25) is 5.91 Å². The first-order valence-corrected chi connectivity index (χ1v) is 6.78. The van der Waals surface area contributed by atoms with E-state index in [2.05, 4.69) is 13.8 Å². The maximum Gasteiger partial charge on any atom is 0.307 e. The number of hydrogen-bond donors (Lipinski definition) is 1. The van der Waals surface area contributed by atoms with Gasteiger partial charge in [-0.15, -0.1) is 0 Å². The van der Waals surface area contributed by atoms with Gasteiger partial charge in [-0.3, -0.25) is 9.59 Å². The Kier molecular flexibility index (Phi) is 4.41. The summed E-state index contributed by atoms with van der Waals surface area (Å²) in [5.74, 6) is -1.25. The van der Waals surface area contributed by atoms with Gasteiger partial charge in [0.15, 0.2) is 0 Å². The smallest absolute Gasteiger partial charge is 0.307 e. The third-order valence-corrected chi connectivity index (χ3v) is 4.28. The number of aliphatic carboxylic acids is 1. The first-order valence-electron chi connectivity index (χ1n) is 6.78. The summed E-state index contributed by atoms with van der Waals surface area (Å²) in [5, 5.41) is 9.12. The summed E-state index contributed by atoms with van der Waals surface area (Å²) in [6, 6.07) is 0. The van der Waals surface area contributed by atoms with E-state index in [1.165, 1.54) is 0 Å². The summed E-state index contributed by atoms with van der Waals surface area (Å²) < 4.78 is 0. The Balaban J connectivity index is 2.72. The van der Waals surface area contributed by atoms with Gasteiger partial charge in [0.25, 0.3) is 0 Å². The van der Waals surface area contributed by atoms with Gasteiger partial charge in [-0.1, -0.05) is 34.1 Å². The van der Waals surface area contributed by atoms with Crippen LogP contribution in [0, 0.1) is 23.2 Å². The molecular formula is C14H25NO3. The van der Waals surface area contributed by atoms with Gasteiger partial charge in [-0.05, 0) is 18.3 Å².